The molecule has 1 fully saturated rings. The van der Waals surface area contributed by atoms with Crippen LogP contribution in [-0.4, -0.2) is 51.3 Å². The third kappa shape index (κ3) is 5.18. The molecule has 0 aromatic heterocycles. The smallest absolute Gasteiger partial charge is 0.183 e. The zero-order chi connectivity index (χ0) is 19.0. The molecule has 1 aliphatic rings. The van der Waals surface area contributed by atoms with E-state index in [1.807, 2.05) is 34.6 Å². The van der Waals surface area contributed by atoms with Crippen LogP contribution >= 0.6 is 0 Å². The lowest BCUT2D eigenvalue weighted by Gasteiger charge is -2.28. The van der Waals surface area contributed by atoms with Crippen molar-refractivity contribution in [3.8, 4) is 5.75 Å². The summed E-state index contributed by atoms with van der Waals surface area (Å²) in [5.41, 5.74) is -0.382. The Morgan fingerprint density at radius 2 is 1.68 bits per heavy atom. The van der Waals surface area contributed by atoms with Crippen LogP contribution in [0.1, 0.15) is 34.6 Å². The van der Waals surface area contributed by atoms with Crippen molar-refractivity contribution in [2.24, 2.45) is 0 Å². The number of nitrogens with one attached hydrogen (secondary N) is 1. The lowest BCUT2D eigenvalue weighted by Crippen LogP contribution is -2.51. The minimum absolute atomic E-state index is 0.0113. The minimum Gasteiger partial charge on any atom is -0.491 e. The highest BCUT2D eigenvalue weighted by atomic mass is 32.2. The average molecular weight is 390 g/mol. The predicted octanol–water partition coefficient (Wildman–Crippen LogP) is 1.80. The molecule has 1 N–H and O–H groups in total. The highest BCUT2D eigenvalue weighted by Crippen LogP contribution is 2.28. The number of hydrogen-bond acceptors (Lipinski definition) is 6. The molecule has 0 aliphatic carbocycles. The summed E-state index contributed by atoms with van der Waals surface area (Å²) in [5, 5.41) is 2.16. The van der Waals surface area contributed by atoms with Crippen LogP contribution in [0, 0.1) is 0 Å². The summed E-state index contributed by atoms with van der Waals surface area (Å²) in [6.45, 7) is 9.44. The molecule has 0 spiro atoms. The maximum Gasteiger partial charge on any atom is 0.183 e. The molecule has 0 bridgehead atoms. The number of rotatable bonds is 5. The first-order valence-electron chi connectivity index (χ1n) is 8.29. The van der Waals surface area contributed by atoms with Crippen LogP contribution < -0.4 is 10.1 Å². The summed E-state index contributed by atoms with van der Waals surface area (Å²) in [6.07, 6.45) is -0.0113. The molecular weight excluding hydrogens is 362 g/mol. The van der Waals surface area contributed by atoms with Gasteiger partial charge in [0.05, 0.1) is 27.8 Å². The van der Waals surface area contributed by atoms with Crippen LogP contribution in [0.3, 0.4) is 0 Å². The molecule has 0 amide bonds. The highest BCUT2D eigenvalue weighted by Gasteiger charge is 2.46. The first-order chi connectivity index (χ1) is 11.3. The second-order valence-electron chi connectivity index (χ2n) is 7.80. The van der Waals surface area contributed by atoms with E-state index in [1.165, 1.54) is 12.1 Å². The Balaban J connectivity index is 2.32. The summed E-state index contributed by atoms with van der Waals surface area (Å²) >= 11 is 0. The number of sulfone groups is 2. The summed E-state index contributed by atoms with van der Waals surface area (Å²) < 4.78 is 55.7. The van der Waals surface area contributed by atoms with E-state index < -0.39 is 31.0 Å². The monoisotopic (exact) mass is 389 g/mol. The van der Waals surface area contributed by atoms with Crippen LogP contribution in [0.2, 0.25) is 0 Å². The van der Waals surface area contributed by atoms with Crippen LogP contribution in [0.25, 0.3) is 0 Å². The molecule has 6 nitrogen and oxygen atoms in total. The molecule has 0 radical (unpaired) electrons. The van der Waals surface area contributed by atoms with Crippen molar-refractivity contribution in [2.45, 2.75) is 62.4 Å². The van der Waals surface area contributed by atoms with Gasteiger partial charge >= 0.3 is 0 Å². The molecular formula is C17H27NO5S2. The molecule has 1 aromatic carbocycles. The SMILES string of the molecule is CC(C)Oc1ccc(S(=O)(=O)[C@H]2CS(=O)(=O)C[C@@H]2NC(C)(C)C)cc1. The van der Waals surface area contributed by atoms with E-state index in [2.05, 4.69) is 5.32 Å². The molecule has 142 valence electrons. The van der Waals surface area contributed by atoms with Crippen LogP contribution in [0.4, 0.5) is 0 Å². The highest BCUT2D eigenvalue weighted by molar-refractivity contribution is 7.96. The van der Waals surface area contributed by atoms with Crippen molar-refractivity contribution in [1.29, 1.82) is 0 Å². The molecule has 1 saturated heterocycles. The van der Waals surface area contributed by atoms with Crippen molar-refractivity contribution in [3.63, 3.8) is 0 Å². The Morgan fingerprint density at radius 1 is 1.12 bits per heavy atom. The molecule has 0 saturated carbocycles. The van der Waals surface area contributed by atoms with Gasteiger partial charge in [0.2, 0.25) is 0 Å². The maximum absolute atomic E-state index is 13.0. The van der Waals surface area contributed by atoms with E-state index in [4.69, 9.17) is 4.74 Å². The molecule has 8 heteroatoms. The Bertz CT molecular complexity index is 806. The Hall–Kier alpha value is -1.12. The van der Waals surface area contributed by atoms with Crippen molar-refractivity contribution in [3.05, 3.63) is 24.3 Å². The Labute approximate surface area is 150 Å². The molecule has 1 aromatic rings. The quantitative estimate of drug-likeness (QED) is 0.826. The number of ether oxygens (including phenoxy) is 1. The standard InChI is InChI=1S/C17H27NO5S2/c1-12(2)23-13-6-8-14(9-7-13)25(21,22)16-11-24(19,20)10-15(16)18-17(3,4)5/h6-9,12,15-16,18H,10-11H2,1-5H3/t15-,16-/m0/s1. The second-order valence-corrected chi connectivity index (χ2v) is 12.1. The van der Waals surface area contributed by atoms with Gasteiger partial charge in [0.25, 0.3) is 0 Å². The predicted molar refractivity (Wildman–Crippen MR) is 98.5 cm³/mol. The third-order valence-corrected chi connectivity index (χ3v) is 8.01. The molecule has 2 atom stereocenters. The zero-order valence-corrected chi connectivity index (χ0v) is 16.9. The average Bonchev–Trinajstić information content (AvgIpc) is 2.72. The van der Waals surface area contributed by atoms with Gasteiger partial charge in [-0.3, -0.25) is 0 Å². The molecule has 25 heavy (non-hydrogen) atoms. The van der Waals surface area contributed by atoms with Crippen molar-refractivity contribution in [1.82, 2.24) is 5.32 Å². The van der Waals surface area contributed by atoms with Gasteiger partial charge < -0.3 is 10.1 Å². The van der Waals surface area contributed by atoms with E-state index in [9.17, 15) is 16.8 Å². The second kappa shape index (κ2) is 6.89. The number of hydrogen-bond donors (Lipinski definition) is 1. The maximum atomic E-state index is 13.0. The molecule has 1 heterocycles. The van der Waals surface area contributed by atoms with E-state index in [-0.39, 0.29) is 28.0 Å². The largest absolute Gasteiger partial charge is 0.491 e. The fourth-order valence-electron chi connectivity index (χ4n) is 2.97. The van der Waals surface area contributed by atoms with Gasteiger partial charge in [-0.2, -0.15) is 0 Å². The van der Waals surface area contributed by atoms with Gasteiger partial charge in [0.1, 0.15) is 5.75 Å². The zero-order valence-electron chi connectivity index (χ0n) is 15.3. The first-order valence-corrected chi connectivity index (χ1v) is 11.7. The van der Waals surface area contributed by atoms with Crippen molar-refractivity contribution >= 4 is 19.7 Å². The van der Waals surface area contributed by atoms with Gasteiger partial charge in [-0.05, 0) is 58.9 Å². The van der Waals surface area contributed by atoms with Gasteiger partial charge in [-0.1, -0.05) is 0 Å². The molecule has 1 aliphatic heterocycles. The van der Waals surface area contributed by atoms with Crippen molar-refractivity contribution in [2.75, 3.05) is 11.5 Å². The van der Waals surface area contributed by atoms with E-state index >= 15 is 0 Å². The Morgan fingerprint density at radius 3 is 2.16 bits per heavy atom. The fourth-order valence-corrected chi connectivity index (χ4v) is 7.62. The minimum atomic E-state index is -3.77. The number of benzene rings is 1. The van der Waals surface area contributed by atoms with Gasteiger partial charge in [0, 0.05) is 11.6 Å². The summed E-state index contributed by atoms with van der Waals surface area (Å²) in [4.78, 5) is 0.117. The molecule has 2 rings (SSSR count). The third-order valence-electron chi connectivity index (χ3n) is 3.84. The van der Waals surface area contributed by atoms with Crippen LogP contribution in [-0.2, 0) is 19.7 Å². The van der Waals surface area contributed by atoms with Crippen molar-refractivity contribution < 1.29 is 21.6 Å². The van der Waals surface area contributed by atoms with Gasteiger partial charge in [0.15, 0.2) is 19.7 Å². The van der Waals surface area contributed by atoms with Gasteiger partial charge in [-0.25, -0.2) is 16.8 Å². The molecule has 0 unspecified atom stereocenters. The topological polar surface area (TPSA) is 89.5 Å². The Kier molecular flexibility index (Phi) is 5.56. The summed E-state index contributed by atoms with van der Waals surface area (Å²) in [5.74, 6) is 0.0631. The van der Waals surface area contributed by atoms with Gasteiger partial charge in [-0.15, -0.1) is 0 Å². The fraction of sp³-hybridized carbons (Fsp3) is 0.647. The summed E-state index contributed by atoms with van der Waals surface area (Å²) in [6, 6.07) is 5.53. The first kappa shape index (κ1) is 20.2. The van der Waals surface area contributed by atoms with E-state index in [0.29, 0.717) is 5.75 Å². The van der Waals surface area contributed by atoms with Crippen LogP contribution in [0.5, 0.6) is 5.75 Å². The normalized spacial score (nSPS) is 23.8. The summed E-state index contributed by atoms with van der Waals surface area (Å²) in [7, 11) is -7.17. The van der Waals surface area contributed by atoms with E-state index in [1.54, 1.807) is 12.1 Å². The van der Waals surface area contributed by atoms with E-state index in [0.717, 1.165) is 0 Å². The van der Waals surface area contributed by atoms with Crippen LogP contribution in [0.15, 0.2) is 29.2 Å². The lowest BCUT2D eigenvalue weighted by molar-refractivity contribution is 0.242. The lowest BCUT2D eigenvalue weighted by atomic mass is 10.1.